The van der Waals surface area contributed by atoms with Crippen LogP contribution in [0.4, 0.5) is 0 Å². The van der Waals surface area contributed by atoms with Crippen molar-refractivity contribution in [1.29, 1.82) is 0 Å². The Morgan fingerprint density at radius 2 is 2.00 bits per heavy atom. The van der Waals surface area contributed by atoms with Crippen molar-refractivity contribution in [2.75, 3.05) is 20.1 Å². The lowest BCUT2D eigenvalue weighted by Crippen LogP contribution is -2.40. The lowest BCUT2D eigenvalue weighted by atomic mass is 10.1. The van der Waals surface area contributed by atoms with E-state index in [1.54, 1.807) is 0 Å². The van der Waals surface area contributed by atoms with E-state index < -0.39 is 0 Å². The maximum atomic E-state index is 5.80. The summed E-state index contributed by atoms with van der Waals surface area (Å²) in [5, 5.41) is 0. The molecule has 0 aliphatic rings. The molecule has 0 saturated heterocycles. The highest BCUT2D eigenvalue weighted by atomic mass is 15.1. The summed E-state index contributed by atoms with van der Waals surface area (Å²) in [5.74, 6) is 0. The van der Waals surface area contributed by atoms with Crippen LogP contribution in [0.25, 0.3) is 0 Å². The number of aryl methyl sites for hydroxylation is 1. The maximum absolute atomic E-state index is 5.80. The third kappa shape index (κ3) is 4.00. The van der Waals surface area contributed by atoms with E-state index in [1.807, 2.05) is 0 Å². The van der Waals surface area contributed by atoms with Crippen LogP contribution in [0, 0.1) is 6.92 Å². The van der Waals surface area contributed by atoms with Gasteiger partial charge in [-0.2, -0.15) is 0 Å². The second-order valence-electron chi connectivity index (χ2n) is 4.12. The van der Waals surface area contributed by atoms with E-state index in [2.05, 4.69) is 43.1 Å². The lowest BCUT2D eigenvalue weighted by molar-refractivity contribution is 0.304. The summed E-state index contributed by atoms with van der Waals surface area (Å²) < 4.78 is 0. The Morgan fingerprint density at radius 3 is 2.60 bits per heavy atom. The molecule has 0 bridgehead atoms. The minimum absolute atomic E-state index is 0.0685. The molecular weight excluding hydrogens is 186 g/mol. The summed E-state index contributed by atoms with van der Waals surface area (Å²) in [6, 6.07) is 8.48. The molecule has 0 fully saturated rings. The molecule has 0 heterocycles. The third-order valence-electron chi connectivity index (χ3n) is 2.55. The van der Waals surface area contributed by atoms with Crippen molar-refractivity contribution in [3.05, 3.63) is 35.4 Å². The molecule has 3 heteroatoms. The summed E-state index contributed by atoms with van der Waals surface area (Å²) in [6.07, 6.45) is 0. The number of hydrogen-bond acceptors (Lipinski definition) is 3. The first kappa shape index (κ1) is 12.2. The monoisotopic (exact) mass is 207 g/mol. The fraction of sp³-hybridized carbons (Fsp3) is 0.500. The molecule has 15 heavy (non-hydrogen) atoms. The fourth-order valence-corrected chi connectivity index (χ4v) is 1.62. The standard InChI is InChI=1S/C12H21N3/c1-10-5-3-4-6-11(10)8-15(2)9-12(14)7-13/h3-6,12H,7-9,13-14H2,1-2H3. The molecule has 1 aromatic carbocycles. The second-order valence-corrected chi connectivity index (χ2v) is 4.12. The van der Waals surface area contributed by atoms with Gasteiger partial charge in [0.15, 0.2) is 0 Å². The van der Waals surface area contributed by atoms with Crippen LogP contribution in [0.3, 0.4) is 0 Å². The summed E-state index contributed by atoms with van der Waals surface area (Å²) in [4.78, 5) is 2.21. The molecule has 0 amide bonds. The van der Waals surface area contributed by atoms with E-state index in [-0.39, 0.29) is 6.04 Å². The highest BCUT2D eigenvalue weighted by Gasteiger charge is 2.06. The minimum atomic E-state index is 0.0685. The largest absolute Gasteiger partial charge is 0.329 e. The summed E-state index contributed by atoms with van der Waals surface area (Å²) >= 11 is 0. The number of likely N-dealkylation sites (N-methyl/N-ethyl adjacent to an activating group) is 1. The molecule has 1 rings (SSSR count). The molecule has 1 atom stereocenters. The lowest BCUT2D eigenvalue weighted by Gasteiger charge is -2.21. The average molecular weight is 207 g/mol. The van der Waals surface area contributed by atoms with Crippen molar-refractivity contribution in [3.8, 4) is 0 Å². The molecule has 0 saturated carbocycles. The van der Waals surface area contributed by atoms with Crippen LogP contribution >= 0.6 is 0 Å². The first-order valence-electron chi connectivity index (χ1n) is 5.32. The smallest absolute Gasteiger partial charge is 0.0292 e. The Bertz CT molecular complexity index is 299. The van der Waals surface area contributed by atoms with Crippen LogP contribution in [-0.4, -0.2) is 31.1 Å². The van der Waals surface area contributed by atoms with Gasteiger partial charge in [-0.1, -0.05) is 24.3 Å². The van der Waals surface area contributed by atoms with Crippen LogP contribution in [0.5, 0.6) is 0 Å². The van der Waals surface area contributed by atoms with Crippen molar-refractivity contribution >= 4 is 0 Å². The van der Waals surface area contributed by atoms with Crippen LogP contribution in [0.1, 0.15) is 11.1 Å². The fourth-order valence-electron chi connectivity index (χ4n) is 1.62. The Balaban J connectivity index is 2.51. The number of hydrogen-bond donors (Lipinski definition) is 2. The van der Waals surface area contributed by atoms with Crippen molar-refractivity contribution in [3.63, 3.8) is 0 Å². The summed E-state index contributed by atoms with van der Waals surface area (Å²) in [6.45, 7) is 4.44. The normalized spacial score (nSPS) is 13.1. The van der Waals surface area contributed by atoms with Crippen molar-refractivity contribution in [2.45, 2.75) is 19.5 Å². The highest BCUT2D eigenvalue weighted by Crippen LogP contribution is 2.09. The van der Waals surface area contributed by atoms with Gasteiger partial charge < -0.3 is 16.4 Å². The van der Waals surface area contributed by atoms with E-state index in [0.29, 0.717) is 6.54 Å². The van der Waals surface area contributed by atoms with Gasteiger partial charge in [-0.05, 0) is 25.1 Å². The Labute approximate surface area is 92.1 Å². The zero-order valence-corrected chi connectivity index (χ0v) is 9.61. The molecule has 1 unspecified atom stereocenters. The molecule has 4 N–H and O–H groups in total. The average Bonchev–Trinajstić information content (AvgIpc) is 2.21. The number of rotatable bonds is 5. The van der Waals surface area contributed by atoms with Gasteiger partial charge in [0.05, 0.1) is 0 Å². The van der Waals surface area contributed by atoms with Crippen molar-refractivity contribution in [2.24, 2.45) is 11.5 Å². The molecular formula is C12H21N3. The topological polar surface area (TPSA) is 55.3 Å². The molecule has 0 radical (unpaired) electrons. The zero-order chi connectivity index (χ0) is 11.3. The molecule has 3 nitrogen and oxygen atoms in total. The van der Waals surface area contributed by atoms with E-state index in [0.717, 1.165) is 13.1 Å². The molecule has 84 valence electrons. The van der Waals surface area contributed by atoms with Gasteiger partial charge in [0.2, 0.25) is 0 Å². The minimum Gasteiger partial charge on any atom is -0.329 e. The molecule has 1 aromatic rings. The quantitative estimate of drug-likeness (QED) is 0.748. The molecule has 0 aliphatic heterocycles. The zero-order valence-electron chi connectivity index (χ0n) is 9.61. The Kier molecular flexibility index (Phi) is 4.75. The first-order chi connectivity index (χ1) is 7.13. The predicted molar refractivity (Wildman–Crippen MR) is 64.5 cm³/mol. The maximum Gasteiger partial charge on any atom is 0.0292 e. The van der Waals surface area contributed by atoms with Gasteiger partial charge in [0.1, 0.15) is 0 Å². The van der Waals surface area contributed by atoms with Crippen LogP contribution in [0.2, 0.25) is 0 Å². The Hall–Kier alpha value is -0.900. The Morgan fingerprint density at radius 1 is 1.33 bits per heavy atom. The second kappa shape index (κ2) is 5.85. The van der Waals surface area contributed by atoms with Crippen LogP contribution in [0.15, 0.2) is 24.3 Å². The molecule has 0 spiro atoms. The summed E-state index contributed by atoms with van der Waals surface area (Å²) in [5.41, 5.74) is 14.0. The van der Waals surface area contributed by atoms with Gasteiger partial charge >= 0.3 is 0 Å². The van der Waals surface area contributed by atoms with Crippen LogP contribution < -0.4 is 11.5 Å². The van der Waals surface area contributed by atoms with Crippen LogP contribution in [-0.2, 0) is 6.54 Å². The third-order valence-corrected chi connectivity index (χ3v) is 2.55. The van der Waals surface area contributed by atoms with E-state index in [4.69, 9.17) is 11.5 Å². The SMILES string of the molecule is Cc1ccccc1CN(C)CC(N)CN. The van der Waals surface area contributed by atoms with Crippen molar-refractivity contribution in [1.82, 2.24) is 4.90 Å². The van der Waals surface area contributed by atoms with E-state index in [1.165, 1.54) is 11.1 Å². The van der Waals surface area contributed by atoms with Crippen molar-refractivity contribution < 1.29 is 0 Å². The van der Waals surface area contributed by atoms with Gasteiger partial charge in [0.25, 0.3) is 0 Å². The first-order valence-corrected chi connectivity index (χ1v) is 5.32. The predicted octanol–water partition coefficient (Wildman–Crippen LogP) is 0.713. The van der Waals surface area contributed by atoms with Gasteiger partial charge in [0, 0.05) is 25.7 Å². The number of nitrogens with zero attached hydrogens (tertiary/aromatic N) is 1. The number of benzene rings is 1. The summed E-state index contributed by atoms with van der Waals surface area (Å²) in [7, 11) is 2.07. The highest BCUT2D eigenvalue weighted by molar-refractivity contribution is 5.25. The number of nitrogens with two attached hydrogens (primary N) is 2. The van der Waals surface area contributed by atoms with E-state index in [9.17, 15) is 0 Å². The van der Waals surface area contributed by atoms with Gasteiger partial charge in [-0.15, -0.1) is 0 Å². The van der Waals surface area contributed by atoms with Gasteiger partial charge in [-0.3, -0.25) is 0 Å². The van der Waals surface area contributed by atoms with Gasteiger partial charge in [-0.25, -0.2) is 0 Å². The van der Waals surface area contributed by atoms with E-state index >= 15 is 0 Å². The molecule has 0 aromatic heterocycles. The molecule has 0 aliphatic carbocycles.